The number of halogens is 1. The van der Waals surface area contributed by atoms with Crippen molar-refractivity contribution < 1.29 is 8.42 Å². The molecule has 2 unspecified atom stereocenters. The van der Waals surface area contributed by atoms with Gasteiger partial charge < -0.3 is 0 Å². The number of pyridine rings is 1. The minimum atomic E-state index is -3.53. The number of hydrogen-bond acceptors (Lipinski definition) is 3. The van der Waals surface area contributed by atoms with Crippen molar-refractivity contribution in [2.75, 3.05) is 0 Å². The van der Waals surface area contributed by atoms with E-state index in [9.17, 15) is 8.42 Å². The third kappa shape index (κ3) is 3.68. The van der Waals surface area contributed by atoms with Crippen LogP contribution in [0.15, 0.2) is 23.2 Å². The van der Waals surface area contributed by atoms with E-state index in [1.54, 1.807) is 4.31 Å². The summed E-state index contributed by atoms with van der Waals surface area (Å²) in [5.74, 6) is 0. The Hall–Kier alpha value is -0.650. The summed E-state index contributed by atoms with van der Waals surface area (Å²) in [6.45, 7) is 7.81. The zero-order chi connectivity index (χ0) is 14.6. The van der Waals surface area contributed by atoms with E-state index in [-0.39, 0.29) is 22.1 Å². The summed E-state index contributed by atoms with van der Waals surface area (Å²) in [5, 5.41) is 0.289. The molecule has 1 rings (SSSR count). The average Bonchev–Trinajstić information content (AvgIpc) is 2.38. The van der Waals surface area contributed by atoms with Crippen molar-refractivity contribution in [3.05, 3.63) is 23.5 Å². The van der Waals surface area contributed by atoms with Crippen LogP contribution in [-0.4, -0.2) is 29.8 Å². The van der Waals surface area contributed by atoms with Gasteiger partial charge in [-0.1, -0.05) is 25.4 Å². The van der Waals surface area contributed by atoms with Gasteiger partial charge in [0.15, 0.2) is 0 Å². The highest BCUT2D eigenvalue weighted by Crippen LogP contribution is 2.23. The van der Waals surface area contributed by atoms with Gasteiger partial charge in [-0.25, -0.2) is 13.4 Å². The Morgan fingerprint density at radius 3 is 2.11 bits per heavy atom. The van der Waals surface area contributed by atoms with Crippen LogP contribution in [0.5, 0.6) is 0 Å². The highest BCUT2D eigenvalue weighted by atomic mass is 35.5. The van der Waals surface area contributed by atoms with E-state index < -0.39 is 10.0 Å². The second-order valence-corrected chi connectivity index (χ2v) is 6.90. The number of hydrogen-bond donors (Lipinski definition) is 0. The fourth-order valence-corrected chi connectivity index (χ4v) is 3.93. The lowest BCUT2D eigenvalue weighted by molar-refractivity contribution is 0.262. The Bertz CT molecular complexity index is 492. The molecule has 108 valence electrons. The molecule has 0 fully saturated rings. The lowest BCUT2D eigenvalue weighted by atomic mass is 10.2. The minimum Gasteiger partial charge on any atom is -0.243 e. The minimum absolute atomic E-state index is 0.0457. The smallest absolute Gasteiger partial charge is 0.243 e. The molecule has 0 saturated carbocycles. The second kappa shape index (κ2) is 6.68. The molecule has 4 nitrogen and oxygen atoms in total. The van der Waals surface area contributed by atoms with E-state index in [1.165, 1.54) is 18.3 Å². The molecule has 0 aromatic carbocycles. The van der Waals surface area contributed by atoms with Gasteiger partial charge in [-0.3, -0.25) is 0 Å². The molecule has 0 aliphatic rings. The summed E-state index contributed by atoms with van der Waals surface area (Å²) in [6.07, 6.45) is 2.85. The molecule has 19 heavy (non-hydrogen) atoms. The summed E-state index contributed by atoms with van der Waals surface area (Å²) in [4.78, 5) is 4.05. The molecule has 1 heterocycles. The van der Waals surface area contributed by atoms with Gasteiger partial charge in [0.2, 0.25) is 10.0 Å². The quantitative estimate of drug-likeness (QED) is 0.758. The van der Waals surface area contributed by atoms with E-state index >= 15 is 0 Å². The summed E-state index contributed by atoms with van der Waals surface area (Å²) in [5.41, 5.74) is 0. The zero-order valence-corrected chi connectivity index (χ0v) is 13.4. The van der Waals surface area contributed by atoms with Crippen molar-refractivity contribution in [3.8, 4) is 0 Å². The average molecular weight is 305 g/mol. The summed E-state index contributed by atoms with van der Waals surface area (Å²) < 4.78 is 26.9. The summed E-state index contributed by atoms with van der Waals surface area (Å²) in [7, 11) is -3.53. The molecule has 0 N–H and O–H groups in total. The summed E-state index contributed by atoms with van der Waals surface area (Å²) in [6, 6.07) is 2.91. The van der Waals surface area contributed by atoms with Crippen molar-refractivity contribution in [2.45, 2.75) is 57.5 Å². The van der Waals surface area contributed by atoms with E-state index in [0.29, 0.717) is 0 Å². The van der Waals surface area contributed by atoms with Gasteiger partial charge in [0.1, 0.15) is 10.0 Å². The monoisotopic (exact) mass is 304 g/mol. The number of nitrogens with zero attached hydrogens (tertiary/aromatic N) is 2. The van der Waals surface area contributed by atoms with Crippen molar-refractivity contribution >= 4 is 21.6 Å². The molecule has 1 aromatic rings. The van der Waals surface area contributed by atoms with Gasteiger partial charge in [0.05, 0.1) is 0 Å². The van der Waals surface area contributed by atoms with Gasteiger partial charge in [0.25, 0.3) is 0 Å². The van der Waals surface area contributed by atoms with Crippen LogP contribution < -0.4 is 0 Å². The third-order valence-electron chi connectivity index (χ3n) is 3.33. The normalized spacial score (nSPS) is 15.5. The molecule has 0 aliphatic carbocycles. The second-order valence-electron chi connectivity index (χ2n) is 4.67. The first-order valence-electron chi connectivity index (χ1n) is 6.49. The molecule has 1 aromatic heterocycles. The molecule has 0 bridgehead atoms. The van der Waals surface area contributed by atoms with Gasteiger partial charge in [-0.05, 0) is 38.8 Å². The van der Waals surface area contributed by atoms with Gasteiger partial charge in [-0.2, -0.15) is 4.31 Å². The lowest BCUT2D eigenvalue weighted by Gasteiger charge is -2.32. The standard InChI is InChI=1S/C13H21ClN2O2S/c1-5-10(3)16(11(4)6-2)19(17,18)12-7-8-13(14)15-9-12/h7-11H,5-6H2,1-4H3. The van der Waals surface area contributed by atoms with Crippen molar-refractivity contribution in [2.24, 2.45) is 0 Å². The molecule has 6 heteroatoms. The SMILES string of the molecule is CCC(C)N(C(C)CC)S(=O)(=O)c1ccc(Cl)nc1. The van der Waals surface area contributed by atoms with Crippen LogP contribution in [0.25, 0.3) is 0 Å². The van der Waals surface area contributed by atoms with E-state index in [4.69, 9.17) is 11.6 Å². The number of aromatic nitrogens is 1. The van der Waals surface area contributed by atoms with Crippen LogP contribution in [0.1, 0.15) is 40.5 Å². The number of sulfonamides is 1. The van der Waals surface area contributed by atoms with Crippen molar-refractivity contribution in [3.63, 3.8) is 0 Å². The fraction of sp³-hybridized carbons (Fsp3) is 0.615. The van der Waals surface area contributed by atoms with Crippen LogP contribution in [-0.2, 0) is 10.0 Å². The zero-order valence-electron chi connectivity index (χ0n) is 11.8. The predicted octanol–water partition coefficient (Wildman–Crippen LogP) is 3.32. The first-order valence-corrected chi connectivity index (χ1v) is 8.31. The predicted molar refractivity (Wildman–Crippen MR) is 77.8 cm³/mol. The Kier molecular flexibility index (Phi) is 5.77. The Balaban J connectivity index is 3.23. The van der Waals surface area contributed by atoms with Gasteiger partial charge in [-0.15, -0.1) is 0 Å². The van der Waals surface area contributed by atoms with Crippen LogP contribution in [0.2, 0.25) is 5.15 Å². The number of rotatable bonds is 6. The third-order valence-corrected chi connectivity index (χ3v) is 5.66. The molecule has 0 spiro atoms. The molecular formula is C13H21ClN2O2S. The van der Waals surface area contributed by atoms with Crippen LogP contribution in [0.3, 0.4) is 0 Å². The first kappa shape index (κ1) is 16.4. The van der Waals surface area contributed by atoms with Gasteiger partial charge >= 0.3 is 0 Å². The topological polar surface area (TPSA) is 50.3 Å². The van der Waals surface area contributed by atoms with E-state index in [1.807, 2.05) is 27.7 Å². The molecule has 0 saturated heterocycles. The Labute approximate surface area is 120 Å². The molecule has 0 aliphatic heterocycles. The molecule has 0 amide bonds. The Morgan fingerprint density at radius 2 is 1.74 bits per heavy atom. The van der Waals surface area contributed by atoms with Gasteiger partial charge in [0, 0.05) is 18.3 Å². The lowest BCUT2D eigenvalue weighted by Crippen LogP contribution is -2.44. The van der Waals surface area contributed by atoms with Crippen LogP contribution in [0.4, 0.5) is 0 Å². The highest BCUT2D eigenvalue weighted by Gasteiger charge is 2.31. The maximum atomic E-state index is 12.7. The maximum absolute atomic E-state index is 12.7. The molecule has 2 atom stereocenters. The highest BCUT2D eigenvalue weighted by molar-refractivity contribution is 7.89. The van der Waals surface area contributed by atoms with E-state index in [2.05, 4.69) is 4.98 Å². The molecule has 0 radical (unpaired) electrons. The molecular weight excluding hydrogens is 284 g/mol. The van der Waals surface area contributed by atoms with E-state index in [0.717, 1.165) is 12.8 Å². The Morgan fingerprint density at radius 1 is 1.21 bits per heavy atom. The maximum Gasteiger partial charge on any atom is 0.245 e. The van der Waals surface area contributed by atoms with Crippen LogP contribution >= 0.6 is 11.6 Å². The summed E-state index contributed by atoms with van der Waals surface area (Å²) >= 11 is 5.70. The largest absolute Gasteiger partial charge is 0.245 e. The van der Waals surface area contributed by atoms with Crippen molar-refractivity contribution in [1.82, 2.24) is 9.29 Å². The van der Waals surface area contributed by atoms with Crippen molar-refractivity contribution in [1.29, 1.82) is 0 Å². The first-order chi connectivity index (χ1) is 8.84. The fourth-order valence-electron chi connectivity index (χ4n) is 1.90. The van der Waals surface area contributed by atoms with Crippen LogP contribution in [0, 0.1) is 0 Å².